The molecule has 0 atom stereocenters. The number of carbonyl (C=O) groups excluding carboxylic acids is 1. The molecule has 3 aromatic carbocycles. The number of ether oxygens (including phenoxy) is 1. The number of carboxylic acids is 1. The topological polar surface area (TPSA) is 80.6 Å². The van der Waals surface area contributed by atoms with Gasteiger partial charge >= 0.3 is 11.9 Å². The van der Waals surface area contributed by atoms with E-state index >= 15 is 0 Å². The van der Waals surface area contributed by atoms with Crippen molar-refractivity contribution in [2.24, 2.45) is 0 Å². The zero-order chi connectivity index (χ0) is 22.8. The van der Waals surface area contributed by atoms with Gasteiger partial charge in [0.05, 0.1) is 13.7 Å². The summed E-state index contributed by atoms with van der Waals surface area (Å²) < 4.78 is 34.1. The van der Waals surface area contributed by atoms with Crippen LogP contribution in [0.15, 0.2) is 54.6 Å². The summed E-state index contributed by atoms with van der Waals surface area (Å²) in [7, 11) is 1.25. The summed E-state index contributed by atoms with van der Waals surface area (Å²) in [5.41, 5.74) is 1.56. The third-order valence-electron chi connectivity index (χ3n) is 5.39. The Bertz CT molecular complexity index is 1350. The Morgan fingerprint density at radius 1 is 1.03 bits per heavy atom. The van der Waals surface area contributed by atoms with E-state index in [0.717, 1.165) is 10.9 Å². The number of nitrogens with zero attached hydrogens (tertiary/aromatic N) is 1. The average Bonchev–Trinajstić information content (AvgIpc) is 3.06. The SMILES string of the molecule is COC(=O)CNCc1c(C(=O)O)n(Cc2cccc3ccc(F)cc23)c2ccc(F)cc12. The number of halogens is 2. The van der Waals surface area contributed by atoms with Gasteiger partial charge < -0.3 is 19.7 Å². The summed E-state index contributed by atoms with van der Waals surface area (Å²) in [6, 6.07) is 14.0. The minimum absolute atomic E-state index is 0.0217. The normalized spacial score (nSPS) is 11.2. The highest BCUT2D eigenvalue weighted by Gasteiger charge is 2.23. The standard InChI is InChI=1S/C24H20F2N2O4/c1-32-22(29)12-27-11-20-19-10-17(26)7-8-21(19)28(23(20)24(30)31)13-15-4-2-3-14-5-6-16(25)9-18(14)15/h2-10,27H,11-13H2,1H3,(H,30,31). The van der Waals surface area contributed by atoms with Gasteiger partial charge in [-0.3, -0.25) is 4.79 Å². The van der Waals surface area contributed by atoms with Gasteiger partial charge in [0.2, 0.25) is 0 Å². The lowest BCUT2D eigenvalue weighted by molar-refractivity contribution is -0.139. The molecule has 4 rings (SSSR count). The molecule has 1 heterocycles. The fraction of sp³-hybridized carbons (Fsp3) is 0.167. The molecule has 8 heteroatoms. The van der Waals surface area contributed by atoms with Crippen molar-refractivity contribution in [3.63, 3.8) is 0 Å². The summed E-state index contributed by atoms with van der Waals surface area (Å²) in [6.45, 7) is 0.0373. The van der Waals surface area contributed by atoms with Gasteiger partial charge in [0, 0.05) is 29.6 Å². The number of hydrogen-bond donors (Lipinski definition) is 2. The van der Waals surface area contributed by atoms with Crippen molar-refractivity contribution in [1.82, 2.24) is 9.88 Å². The van der Waals surface area contributed by atoms with Crippen molar-refractivity contribution in [2.75, 3.05) is 13.7 Å². The molecule has 4 aromatic rings. The molecular weight excluding hydrogens is 418 g/mol. The van der Waals surface area contributed by atoms with Crippen molar-refractivity contribution in [3.05, 3.63) is 83.1 Å². The van der Waals surface area contributed by atoms with Crippen LogP contribution in [0.25, 0.3) is 21.7 Å². The smallest absolute Gasteiger partial charge is 0.352 e. The van der Waals surface area contributed by atoms with Crippen LogP contribution >= 0.6 is 0 Å². The first-order valence-electron chi connectivity index (χ1n) is 9.87. The summed E-state index contributed by atoms with van der Waals surface area (Å²) >= 11 is 0. The third-order valence-corrected chi connectivity index (χ3v) is 5.39. The van der Waals surface area contributed by atoms with Gasteiger partial charge in [0.15, 0.2) is 0 Å². The van der Waals surface area contributed by atoms with Crippen molar-refractivity contribution in [2.45, 2.75) is 13.1 Å². The first-order valence-corrected chi connectivity index (χ1v) is 9.87. The molecule has 0 radical (unpaired) electrons. The number of fused-ring (bicyclic) bond motifs is 2. The van der Waals surface area contributed by atoms with Gasteiger partial charge in [0.25, 0.3) is 0 Å². The molecule has 0 bridgehead atoms. The molecule has 0 saturated carbocycles. The molecule has 0 aliphatic carbocycles. The van der Waals surface area contributed by atoms with Crippen LogP contribution in [0, 0.1) is 11.6 Å². The van der Waals surface area contributed by atoms with E-state index < -0.39 is 23.6 Å². The van der Waals surface area contributed by atoms with E-state index in [-0.39, 0.29) is 25.3 Å². The largest absolute Gasteiger partial charge is 0.477 e. The number of carboxylic acid groups (broad SMARTS) is 1. The zero-order valence-corrected chi connectivity index (χ0v) is 17.2. The van der Waals surface area contributed by atoms with Crippen LogP contribution in [0.1, 0.15) is 21.6 Å². The predicted octanol–water partition coefficient (Wildman–Crippen LogP) is 4.08. The van der Waals surface area contributed by atoms with Crippen LogP contribution in [-0.4, -0.2) is 35.3 Å². The zero-order valence-electron chi connectivity index (χ0n) is 17.2. The number of carbonyl (C=O) groups is 2. The van der Waals surface area contributed by atoms with E-state index in [1.54, 1.807) is 16.7 Å². The van der Waals surface area contributed by atoms with Crippen LogP contribution in [0.4, 0.5) is 8.78 Å². The van der Waals surface area contributed by atoms with Crippen molar-refractivity contribution in [1.29, 1.82) is 0 Å². The summed E-state index contributed by atoms with van der Waals surface area (Å²) in [4.78, 5) is 23.7. The molecule has 164 valence electrons. The number of aromatic carboxylic acids is 1. The Kier molecular flexibility index (Phi) is 5.87. The highest BCUT2D eigenvalue weighted by atomic mass is 19.1. The van der Waals surface area contributed by atoms with E-state index in [4.69, 9.17) is 0 Å². The molecule has 0 fully saturated rings. The predicted molar refractivity (Wildman–Crippen MR) is 116 cm³/mol. The van der Waals surface area contributed by atoms with Crippen LogP contribution in [0.5, 0.6) is 0 Å². The van der Waals surface area contributed by atoms with Gasteiger partial charge in [-0.15, -0.1) is 0 Å². The minimum Gasteiger partial charge on any atom is -0.477 e. The monoisotopic (exact) mass is 438 g/mol. The Labute approximate surface area is 182 Å². The van der Waals surface area contributed by atoms with Crippen molar-refractivity contribution >= 4 is 33.6 Å². The lowest BCUT2D eigenvalue weighted by Gasteiger charge is -2.12. The molecule has 1 aromatic heterocycles. The van der Waals surface area contributed by atoms with Crippen LogP contribution in [0.2, 0.25) is 0 Å². The van der Waals surface area contributed by atoms with Gasteiger partial charge in [-0.2, -0.15) is 0 Å². The summed E-state index contributed by atoms with van der Waals surface area (Å²) in [5.74, 6) is -2.60. The quantitative estimate of drug-likeness (QED) is 0.425. The summed E-state index contributed by atoms with van der Waals surface area (Å²) in [5, 5.41) is 14.8. The maximum absolute atomic E-state index is 14.1. The van der Waals surface area contributed by atoms with E-state index in [2.05, 4.69) is 10.1 Å². The molecule has 0 spiro atoms. The molecule has 0 aliphatic heterocycles. The second-order valence-electron chi connectivity index (χ2n) is 7.34. The number of methoxy groups -OCH3 is 1. The molecule has 2 N–H and O–H groups in total. The number of nitrogens with one attached hydrogen (secondary N) is 1. The number of hydrogen-bond acceptors (Lipinski definition) is 4. The number of rotatable bonds is 7. The van der Waals surface area contributed by atoms with Gasteiger partial charge in [-0.05, 0) is 46.7 Å². The Morgan fingerprint density at radius 2 is 1.75 bits per heavy atom. The Balaban J connectivity index is 1.86. The van der Waals surface area contributed by atoms with Crippen LogP contribution in [0.3, 0.4) is 0 Å². The lowest BCUT2D eigenvalue weighted by atomic mass is 10.0. The van der Waals surface area contributed by atoms with E-state index in [1.165, 1.54) is 37.4 Å². The first-order chi connectivity index (χ1) is 15.4. The molecule has 0 aliphatic rings. The summed E-state index contributed by atoms with van der Waals surface area (Å²) in [6.07, 6.45) is 0. The second-order valence-corrected chi connectivity index (χ2v) is 7.34. The van der Waals surface area contributed by atoms with Gasteiger partial charge in [0.1, 0.15) is 17.3 Å². The van der Waals surface area contributed by atoms with E-state index in [9.17, 15) is 23.5 Å². The Hall–Kier alpha value is -3.78. The first kappa shape index (κ1) is 21.5. The van der Waals surface area contributed by atoms with Gasteiger partial charge in [-0.25, -0.2) is 13.6 Å². The molecule has 6 nitrogen and oxygen atoms in total. The highest BCUT2D eigenvalue weighted by Crippen LogP contribution is 2.30. The van der Waals surface area contributed by atoms with Crippen LogP contribution in [-0.2, 0) is 22.6 Å². The molecule has 0 unspecified atom stereocenters. The van der Waals surface area contributed by atoms with Crippen LogP contribution < -0.4 is 5.32 Å². The van der Waals surface area contributed by atoms with Gasteiger partial charge in [-0.1, -0.05) is 24.3 Å². The van der Waals surface area contributed by atoms with E-state index in [1.807, 2.05) is 12.1 Å². The molecule has 32 heavy (non-hydrogen) atoms. The maximum atomic E-state index is 14.1. The fourth-order valence-corrected chi connectivity index (χ4v) is 3.96. The minimum atomic E-state index is -1.19. The number of benzene rings is 3. The lowest BCUT2D eigenvalue weighted by Crippen LogP contribution is -2.24. The number of esters is 1. The second kappa shape index (κ2) is 8.76. The van der Waals surface area contributed by atoms with E-state index in [0.29, 0.717) is 21.9 Å². The maximum Gasteiger partial charge on any atom is 0.352 e. The Morgan fingerprint density at radius 3 is 2.47 bits per heavy atom. The fourth-order valence-electron chi connectivity index (χ4n) is 3.96. The molecule has 0 saturated heterocycles. The highest BCUT2D eigenvalue weighted by molar-refractivity contribution is 5.98. The molecular formula is C24H20F2N2O4. The molecule has 0 amide bonds. The number of aromatic nitrogens is 1. The van der Waals surface area contributed by atoms with Crippen molar-refractivity contribution < 1.29 is 28.2 Å². The third kappa shape index (κ3) is 4.04. The van der Waals surface area contributed by atoms with Crippen molar-refractivity contribution in [3.8, 4) is 0 Å². The average molecular weight is 438 g/mol.